The summed E-state index contributed by atoms with van der Waals surface area (Å²) in [6.45, 7) is 0. The summed E-state index contributed by atoms with van der Waals surface area (Å²) in [5.41, 5.74) is 2.24. The highest BCUT2D eigenvalue weighted by Crippen LogP contribution is 2.30. The first kappa shape index (κ1) is 19.2. The van der Waals surface area contributed by atoms with E-state index in [1.807, 2.05) is 30.5 Å². The topological polar surface area (TPSA) is 54.9 Å². The van der Waals surface area contributed by atoms with Crippen LogP contribution in [0.3, 0.4) is 0 Å². The molecule has 7 heteroatoms. The van der Waals surface area contributed by atoms with Crippen molar-refractivity contribution in [1.29, 1.82) is 0 Å². The van der Waals surface area contributed by atoms with Crippen molar-refractivity contribution in [3.8, 4) is 0 Å². The maximum atomic E-state index is 12.4. The van der Waals surface area contributed by atoms with E-state index in [0.29, 0.717) is 10.9 Å². The molecule has 0 atom stereocenters. The van der Waals surface area contributed by atoms with Gasteiger partial charge in [0.1, 0.15) is 0 Å². The zero-order valence-electron chi connectivity index (χ0n) is 15.9. The summed E-state index contributed by atoms with van der Waals surface area (Å²) < 4.78 is 2.04. The minimum Gasteiger partial charge on any atom is -0.301 e. The number of fused-ring (bicyclic) bond motifs is 2. The average molecular weight is 448 g/mol. The van der Waals surface area contributed by atoms with E-state index < -0.39 is 0 Å². The number of hydrogen-bond donors (Lipinski definition) is 1. The van der Waals surface area contributed by atoms with Gasteiger partial charge in [-0.1, -0.05) is 66.4 Å². The van der Waals surface area contributed by atoms with Crippen LogP contribution >= 0.6 is 34.4 Å². The molecule has 5 aromatic rings. The van der Waals surface area contributed by atoms with Crippen LogP contribution in [0.5, 0.6) is 0 Å². The largest absolute Gasteiger partial charge is 0.301 e. The molecule has 2 heterocycles. The number of thiazole rings is 2. The van der Waals surface area contributed by atoms with Crippen LogP contribution in [0.4, 0.5) is 5.13 Å². The number of amides is 1. The first-order chi connectivity index (χ1) is 14.7. The van der Waals surface area contributed by atoms with Gasteiger partial charge in [-0.25, -0.2) is 9.97 Å². The molecule has 1 amide bonds. The Bertz CT molecular complexity index is 1300. The number of nitrogens with zero attached hydrogens (tertiary/aromatic N) is 2. The number of anilines is 1. The molecule has 0 aliphatic heterocycles. The number of thioether (sulfide) groups is 1. The molecule has 3 aromatic carbocycles. The second-order valence-corrected chi connectivity index (χ2v) is 10.1. The standard InChI is InChI=1S/C23H17N3OS3/c27-21(14-28-23-25-19-10-3-4-11-20(19)30-23)26-22-24-13-17(29-22)12-16-8-5-7-15-6-1-2-9-18(15)16/h1-11,13H,12,14H2,(H,24,26,27). The lowest BCUT2D eigenvalue weighted by Gasteiger charge is -2.04. The highest BCUT2D eigenvalue weighted by molar-refractivity contribution is 8.01. The summed E-state index contributed by atoms with van der Waals surface area (Å²) in [5.74, 6) is 0.253. The molecule has 2 aromatic heterocycles. The Hall–Kier alpha value is -2.74. The van der Waals surface area contributed by atoms with Crippen LogP contribution in [0.2, 0.25) is 0 Å². The minimum atomic E-state index is -0.0645. The number of aromatic nitrogens is 2. The zero-order chi connectivity index (χ0) is 20.3. The highest BCUT2D eigenvalue weighted by Gasteiger charge is 2.11. The van der Waals surface area contributed by atoms with E-state index >= 15 is 0 Å². The van der Waals surface area contributed by atoms with Crippen LogP contribution in [0.25, 0.3) is 21.0 Å². The first-order valence-electron chi connectivity index (χ1n) is 9.44. The third kappa shape index (κ3) is 4.23. The SMILES string of the molecule is O=C(CSc1nc2ccccc2s1)Nc1ncc(Cc2cccc3ccccc23)s1. The normalized spacial score (nSPS) is 11.2. The predicted molar refractivity (Wildman–Crippen MR) is 128 cm³/mol. The van der Waals surface area contributed by atoms with Crippen molar-refractivity contribution in [2.24, 2.45) is 0 Å². The van der Waals surface area contributed by atoms with Gasteiger partial charge in [-0.05, 0) is 28.5 Å². The smallest absolute Gasteiger partial charge is 0.236 e. The molecule has 0 aliphatic carbocycles. The fraction of sp³-hybridized carbons (Fsp3) is 0.0870. The molecule has 0 saturated carbocycles. The molecule has 4 nitrogen and oxygen atoms in total. The number of carbonyl (C=O) groups is 1. The Morgan fingerprint density at radius 1 is 0.967 bits per heavy atom. The van der Waals surface area contributed by atoms with Crippen LogP contribution in [0.15, 0.2) is 77.3 Å². The fourth-order valence-corrected chi connectivity index (χ4v) is 6.00. The Morgan fingerprint density at radius 2 is 1.80 bits per heavy atom. The molecule has 0 bridgehead atoms. The monoisotopic (exact) mass is 447 g/mol. The Labute approximate surface area is 186 Å². The molecule has 0 saturated heterocycles. The van der Waals surface area contributed by atoms with E-state index in [-0.39, 0.29) is 5.91 Å². The molecule has 0 radical (unpaired) electrons. The van der Waals surface area contributed by atoms with Gasteiger partial charge in [0, 0.05) is 17.5 Å². The van der Waals surface area contributed by atoms with Crippen LogP contribution in [-0.4, -0.2) is 21.6 Å². The quantitative estimate of drug-likeness (QED) is 0.314. The molecular formula is C23H17N3OS3. The van der Waals surface area contributed by atoms with E-state index in [1.54, 1.807) is 11.3 Å². The minimum absolute atomic E-state index is 0.0645. The molecule has 0 spiro atoms. The van der Waals surface area contributed by atoms with Gasteiger partial charge in [0.2, 0.25) is 5.91 Å². The van der Waals surface area contributed by atoms with Crippen molar-refractivity contribution in [2.45, 2.75) is 10.8 Å². The molecule has 148 valence electrons. The highest BCUT2D eigenvalue weighted by atomic mass is 32.2. The summed E-state index contributed by atoms with van der Waals surface area (Å²) in [6, 6.07) is 22.8. The summed E-state index contributed by atoms with van der Waals surface area (Å²) in [5, 5.41) is 6.04. The average Bonchev–Trinajstić information content (AvgIpc) is 3.39. The number of carbonyl (C=O) groups excluding carboxylic acids is 1. The van der Waals surface area contributed by atoms with Crippen LogP contribution in [-0.2, 0) is 11.2 Å². The lowest BCUT2D eigenvalue weighted by molar-refractivity contribution is -0.113. The summed E-state index contributed by atoms with van der Waals surface area (Å²) in [7, 11) is 0. The van der Waals surface area contributed by atoms with E-state index in [9.17, 15) is 4.79 Å². The summed E-state index contributed by atoms with van der Waals surface area (Å²) in [4.78, 5) is 22.4. The molecule has 0 fully saturated rings. The van der Waals surface area contributed by atoms with Crippen LogP contribution in [0.1, 0.15) is 10.4 Å². The van der Waals surface area contributed by atoms with E-state index in [4.69, 9.17) is 0 Å². The number of para-hydroxylation sites is 1. The van der Waals surface area contributed by atoms with Crippen molar-refractivity contribution in [3.63, 3.8) is 0 Å². The maximum Gasteiger partial charge on any atom is 0.236 e. The number of benzene rings is 3. The van der Waals surface area contributed by atoms with Gasteiger partial charge < -0.3 is 5.32 Å². The molecule has 1 N–H and O–H groups in total. The van der Waals surface area contributed by atoms with Crippen LogP contribution in [0, 0.1) is 0 Å². The third-order valence-electron chi connectivity index (χ3n) is 4.65. The van der Waals surface area contributed by atoms with Gasteiger partial charge in [-0.15, -0.1) is 22.7 Å². The maximum absolute atomic E-state index is 12.4. The van der Waals surface area contributed by atoms with Gasteiger partial charge >= 0.3 is 0 Å². The van der Waals surface area contributed by atoms with Gasteiger partial charge in [-0.2, -0.15) is 0 Å². The second kappa shape index (κ2) is 8.55. The molecule has 5 rings (SSSR count). The van der Waals surface area contributed by atoms with E-state index in [2.05, 4.69) is 57.7 Å². The summed E-state index contributed by atoms with van der Waals surface area (Å²) in [6.07, 6.45) is 2.65. The van der Waals surface area contributed by atoms with Crippen molar-refractivity contribution >= 4 is 66.5 Å². The molecule has 0 aliphatic rings. The number of nitrogens with one attached hydrogen (secondary N) is 1. The Kier molecular flexibility index (Phi) is 5.48. The van der Waals surface area contributed by atoms with Gasteiger partial charge in [0.25, 0.3) is 0 Å². The molecule has 30 heavy (non-hydrogen) atoms. The van der Waals surface area contributed by atoms with Crippen molar-refractivity contribution in [3.05, 3.63) is 83.4 Å². The van der Waals surface area contributed by atoms with Gasteiger partial charge in [0.15, 0.2) is 9.47 Å². The molecule has 0 unspecified atom stereocenters. The second-order valence-electron chi connectivity index (χ2n) is 6.73. The Balaban J connectivity index is 1.21. The van der Waals surface area contributed by atoms with Crippen LogP contribution < -0.4 is 5.32 Å². The third-order valence-corrected chi connectivity index (χ3v) is 7.74. The van der Waals surface area contributed by atoms with Crippen molar-refractivity contribution in [1.82, 2.24) is 9.97 Å². The van der Waals surface area contributed by atoms with E-state index in [0.717, 1.165) is 25.9 Å². The van der Waals surface area contributed by atoms with Gasteiger partial charge in [0.05, 0.1) is 16.0 Å². The molecular weight excluding hydrogens is 430 g/mol. The number of hydrogen-bond acceptors (Lipinski definition) is 6. The zero-order valence-corrected chi connectivity index (χ0v) is 18.3. The lowest BCUT2D eigenvalue weighted by Crippen LogP contribution is -2.13. The number of rotatable bonds is 6. The summed E-state index contributed by atoms with van der Waals surface area (Å²) >= 11 is 4.59. The first-order valence-corrected chi connectivity index (χ1v) is 12.1. The van der Waals surface area contributed by atoms with Crippen molar-refractivity contribution < 1.29 is 4.79 Å². The van der Waals surface area contributed by atoms with Gasteiger partial charge in [-0.3, -0.25) is 4.79 Å². The predicted octanol–water partition coefficient (Wildman–Crippen LogP) is 6.23. The lowest BCUT2D eigenvalue weighted by atomic mass is 10.0. The van der Waals surface area contributed by atoms with Crippen molar-refractivity contribution in [2.75, 3.05) is 11.1 Å². The fourth-order valence-electron chi connectivity index (χ4n) is 3.28. The Morgan fingerprint density at radius 3 is 2.73 bits per heavy atom. The van der Waals surface area contributed by atoms with E-state index in [1.165, 1.54) is 39.4 Å².